The minimum absolute atomic E-state index is 0.0888. The molecule has 0 bridgehead atoms. The fraction of sp³-hybridized carbons (Fsp3) is 0.833. The summed E-state index contributed by atoms with van der Waals surface area (Å²) >= 11 is 0. The Labute approximate surface area is 96.8 Å². The molecule has 0 spiro atoms. The Morgan fingerprint density at radius 1 is 1.25 bits per heavy atom. The van der Waals surface area contributed by atoms with Crippen LogP contribution in [0.5, 0.6) is 0 Å². The number of carbonyl (C=O) groups excluding carboxylic acids is 1. The Bertz CT molecular complexity index is 285. The molecule has 0 radical (unpaired) electrons. The second kappa shape index (κ2) is 5.20. The molecule has 0 unspecified atom stereocenters. The molecular weight excluding hydrogens is 202 g/mol. The number of nitrogens with zero attached hydrogens (tertiary/aromatic N) is 3. The van der Waals surface area contributed by atoms with Crippen LogP contribution in [0.4, 0.5) is 4.79 Å². The molecule has 0 N–H and O–H groups in total. The number of amides is 2. The van der Waals surface area contributed by atoms with E-state index in [0.29, 0.717) is 6.04 Å². The second-order valence-corrected chi connectivity index (χ2v) is 4.70. The van der Waals surface area contributed by atoms with Gasteiger partial charge < -0.3 is 9.80 Å². The van der Waals surface area contributed by atoms with Crippen LogP contribution in [0.1, 0.15) is 38.5 Å². The Morgan fingerprint density at radius 3 is 2.44 bits per heavy atom. The largest absolute Gasteiger partial charge is 0.325 e. The molecule has 1 aliphatic heterocycles. The molecule has 1 saturated carbocycles. The predicted molar refractivity (Wildman–Crippen MR) is 60.8 cm³/mol. The first-order chi connectivity index (χ1) is 7.83. The number of rotatable bonds is 2. The van der Waals surface area contributed by atoms with Crippen LogP contribution in [-0.2, 0) is 0 Å². The van der Waals surface area contributed by atoms with Crippen molar-refractivity contribution in [1.29, 1.82) is 5.26 Å². The highest BCUT2D eigenvalue weighted by atomic mass is 16.2. The van der Waals surface area contributed by atoms with Crippen LogP contribution in [0.25, 0.3) is 0 Å². The molecule has 2 amide bonds. The van der Waals surface area contributed by atoms with E-state index in [-0.39, 0.29) is 12.6 Å². The number of hydrogen-bond donors (Lipinski definition) is 0. The van der Waals surface area contributed by atoms with Gasteiger partial charge in [-0.3, -0.25) is 0 Å². The van der Waals surface area contributed by atoms with Crippen LogP contribution in [-0.4, -0.2) is 41.5 Å². The van der Waals surface area contributed by atoms with Crippen molar-refractivity contribution in [3.63, 3.8) is 0 Å². The Morgan fingerprint density at radius 2 is 1.88 bits per heavy atom. The summed E-state index contributed by atoms with van der Waals surface area (Å²) in [4.78, 5) is 15.9. The lowest BCUT2D eigenvalue weighted by Gasteiger charge is -2.30. The first-order valence-corrected chi connectivity index (χ1v) is 6.25. The van der Waals surface area contributed by atoms with Gasteiger partial charge in [0.2, 0.25) is 0 Å². The van der Waals surface area contributed by atoms with E-state index in [0.717, 1.165) is 38.8 Å². The van der Waals surface area contributed by atoms with E-state index in [1.807, 2.05) is 4.90 Å². The Hall–Kier alpha value is -1.24. The Balaban J connectivity index is 1.99. The number of urea groups is 1. The summed E-state index contributed by atoms with van der Waals surface area (Å²) in [7, 11) is 0. The highest BCUT2D eigenvalue weighted by molar-refractivity contribution is 5.75. The number of hydrogen-bond acceptors (Lipinski definition) is 2. The van der Waals surface area contributed by atoms with Gasteiger partial charge in [0, 0.05) is 19.1 Å². The van der Waals surface area contributed by atoms with Gasteiger partial charge in [0.25, 0.3) is 0 Å². The van der Waals surface area contributed by atoms with Crippen molar-refractivity contribution in [2.45, 2.75) is 44.6 Å². The van der Waals surface area contributed by atoms with Crippen molar-refractivity contribution < 1.29 is 4.79 Å². The van der Waals surface area contributed by atoms with E-state index in [4.69, 9.17) is 5.26 Å². The van der Waals surface area contributed by atoms with E-state index < -0.39 is 0 Å². The van der Waals surface area contributed by atoms with Crippen molar-refractivity contribution in [2.24, 2.45) is 0 Å². The molecule has 88 valence electrons. The lowest BCUT2D eigenvalue weighted by atomic mass is 10.2. The van der Waals surface area contributed by atoms with Crippen molar-refractivity contribution in [2.75, 3.05) is 19.6 Å². The molecule has 2 aliphatic rings. The van der Waals surface area contributed by atoms with Crippen molar-refractivity contribution in [3.8, 4) is 6.07 Å². The normalized spacial score (nSPS) is 21.1. The Kier molecular flexibility index (Phi) is 3.66. The molecule has 16 heavy (non-hydrogen) atoms. The smallest absolute Gasteiger partial charge is 0.321 e. The number of likely N-dealkylation sites (tertiary alicyclic amines) is 1. The highest BCUT2D eigenvalue weighted by Gasteiger charge is 2.30. The van der Waals surface area contributed by atoms with Crippen LogP contribution in [0, 0.1) is 11.3 Å². The van der Waals surface area contributed by atoms with Crippen molar-refractivity contribution in [3.05, 3.63) is 0 Å². The van der Waals surface area contributed by atoms with E-state index in [1.54, 1.807) is 4.90 Å². The molecule has 4 heteroatoms. The van der Waals surface area contributed by atoms with Gasteiger partial charge >= 0.3 is 6.03 Å². The number of nitriles is 1. The molecule has 2 fully saturated rings. The SMILES string of the molecule is N#CCN(C(=O)N1CCCC1)C1CCCC1. The lowest BCUT2D eigenvalue weighted by molar-refractivity contribution is 0.149. The third-order valence-electron chi connectivity index (χ3n) is 3.63. The molecule has 0 aromatic carbocycles. The third kappa shape index (κ3) is 2.29. The first kappa shape index (κ1) is 11.3. The minimum Gasteiger partial charge on any atom is -0.325 e. The molecule has 0 aromatic rings. The minimum atomic E-state index is 0.0888. The average Bonchev–Trinajstić information content (AvgIpc) is 2.96. The maximum absolute atomic E-state index is 12.2. The average molecular weight is 221 g/mol. The van der Waals surface area contributed by atoms with E-state index in [1.165, 1.54) is 12.8 Å². The van der Waals surface area contributed by atoms with Gasteiger partial charge in [0.1, 0.15) is 6.54 Å². The van der Waals surface area contributed by atoms with Crippen LogP contribution >= 0.6 is 0 Å². The van der Waals surface area contributed by atoms with Gasteiger partial charge in [-0.25, -0.2) is 4.79 Å². The van der Waals surface area contributed by atoms with Gasteiger partial charge in [-0.1, -0.05) is 12.8 Å². The van der Waals surface area contributed by atoms with Crippen molar-refractivity contribution >= 4 is 6.03 Å². The number of carbonyl (C=O) groups is 1. The quantitative estimate of drug-likeness (QED) is 0.669. The van der Waals surface area contributed by atoms with E-state index >= 15 is 0 Å². The van der Waals surface area contributed by atoms with E-state index in [9.17, 15) is 4.79 Å². The summed E-state index contributed by atoms with van der Waals surface area (Å²) in [6, 6.07) is 2.53. The molecule has 0 atom stereocenters. The summed E-state index contributed by atoms with van der Waals surface area (Å²) in [6.07, 6.45) is 6.75. The van der Waals surface area contributed by atoms with Crippen LogP contribution in [0.3, 0.4) is 0 Å². The van der Waals surface area contributed by atoms with Crippen LogP contribution in [0.15, 0.2) is 0 Å². The molecule has 1 aliphatic carbocycles. The topological polar surface area (TPSA) is 47.3 Å². The van der Waals surface area contributed by atoms with Crippen molar-refractivity contribution in [1.82, 2.24) is 9.80 Å². The second-order valence-electron chi connectivity index (χ2n) is 4.70. The zero-order valence-corrected chi connectivity index (χ0v) is 9.69. The van der Waals surface area contributed by atoms with Gasteiger partial charge in [0.15, 0.2) is 0 Å². The fourth-order valence-electron chi connectivity index (χ4n) is 2.74. The van der Waals surface area contributed by atoms with Gasteiger partial charge in [-0.2, -0.15) is 5.26 Å². The molecule has 0 aromatic heterocycles. The zero-order valence-electron chi connectivity index (χ0n) is 9.69. The molecule has 2 rings (SSSR count). The predicted octanol–water partition coefficient (Wildman–Crippen LogP) is 1.97. The molecular formula is C12H19N3O. The highest BCUT2D eigenvalue weighted by Crippen LogP contribution is 2.25. The maximum Gasteiger partial charge on any atom is 0.321 e. The summed E-state index contributed by atoms with van der Waals surface area (Å²) in [5.41, 5.74) is 0. The summed E-state index contributed by atoms with van der Waals surface area (Å²) in [5.74, 6) is 0. The standard InChI is InChI=1S/C12H19N3O/c13-7-10-15(11-5-1-2-6-11)12(16)14-8-3-4-9-14/h11H,1-6,8-10H2. The first-order valence-electron chi connectivity index (χ1n) is 6.25. The monoisotopic (exact) mass is 221 g/mol. The van der Waals surface area contributed by atoms with Gasteiger partial charge in [-0.05, 0) is 25.7 Å². The van der Waals surface area contributed by atoms with Crippen LogP contribution in [0.2, 0.25) is 0 Å². The zero-order chi connectivity index (χ0) is 11.4. The molecule has 4 nitrogen and oxygen atoms in total. The van der Waals surface area contributed by atoms with Gasteiger partial charge in [0.05, 0.1) is 6.07 Å². The summed E-state index contributed by atoms with van der Waals surface area (Å²) in [5, 5.41) is 8.83. The maximum atomic E-state index is 12.2. The fourth-order valence-corrected chi connectivity index (χ4v) is 2.74. The van der Waals surface area contributed by atoms with Crippen LogP contribution < -0.4 is 0 Å². The molecule has 1 heterocycles. The van der Waals surface area contributed by atoms with Gasteiger partial charge in [-0.15, -0.1) is 0 Å². The summed E-state index contributed by atoms with van der Waals surface area (Å²) < 4.78 is 0. The van der Waals surface area contributed by atoms with E-state index in [2.05, 4.69) is 6.07 Å². The molecule has 1 saturated heterocycles. The third-order valence-corrected chi connectivity index (χ3v) is 3.63. The lowest BCUT2D eigenvalue weighted by Crippen LogP contribution is -2.46. The summed E-state index contributed by atoms with van der Waals surface area (Å²) in [6.45, 7) is 1.99.